The highest BCUT2D eigenvalue weighted by Crippen LogP contribution is 2.27. The van der Waals surface area contributed by atoms with E-state index in [4.69, 9.17) is 5.73 Å². The molecular weight excluding hydrogens is 322 g/mol. The number of anilines is 1. The van der Waals surface area contributed by atoms with E-state index in [-0.39, 0.29) is 5.69 Å². The van der Waals surface area contributed by atoms with Gasteiger partial charge in [-0.25, -0.2) is 0 Å². The van der Waals surface area contributed by atoms with Gasteiger partial charge >= 0.3 is 0 Å². The molecule has 2 aromatic rings. The van der Waals surface area contributed by atoms with Gasteiger partial charge in [0.1, 0.15) is 0 Å². The summed E-state index contributed by atoms with van der Waals surface area (Å²) in [5, 5.41) is 13.9. The van der Waals surface area contributed by atoms with Gasteiger partial charge in [0.25, 0.3) is 5.69 Å². The Labute approximate surface area is 125 Å². The van der Waals surface area contributed by atoms with Crippen molar-refractivity contribution in [1.29, 1.82) is 0 Å². The molecule has 2 aromatic carbocycles. The van der Waals surface area contributed by atoms with E-state index in [1.807, 2.05) is 24.3 Å². The fourth-order valence-electron chi connectivity index (χ4n) is 1.88. The van der Waals surface area contributed by atoms with Crippen molar-refractivity contribution < 1.29 is 4.92 Å². The van der Waals surface area contributed by atoms with Crippen LogP contribution in [0.15, 0.2) is 46.9 Å². The zero-order valence-electron chi connectivity index (χ0n) is 10.7. The van der Waals surface area contributed by atoms with E-state index in [1.54, 1.807) is 6.07 Å². The molecule has 104 valence electrons. The van der Waals surface area contributed by atoms with E-state index < -0.39 is 4.92 Å². The zero-order valence-corrected chi connectivity index (χ0v) is 12.3. The Hall–Kier alpha value is -1.92. The largest absolute Gasteiger partial charge is 0.380 e. The molecule has 0 unspecified atom stereocenters. The molecule has 0 aliphatic heterocycles. The summed E-state index contributed by atoms with van der Waals surface area (Å²) >= 11 is 3.33. The Morgan fingerprint density at radius 1 is 1.20 bits per heavy atom. The van der Waals surface area contributed by atoms with Crippen molar-refractivity contribution in [2.45, 2.75) is 13.1 Å². The van der Waals surface area contributed by atoms with Crippen molar-refractivity contribution in [1.82, 2.24) is 0 Å². The van der Waals surface area contributed by atoms with Crippen LogP contribution in [0.2, 0.25) is 0 Å². The Balaban J connectivity index is 2.13. The highest BCUT2D eigenvalue weighted by atomic mass is 79.9. The van der Waals surface area contributed by atoms with Crippen LogP contribution in [0.3, 0.4) is 0 Å². The number of non-ortho nitro benzene ring substituents is 1. The number of nitrogens with one attached hydrogen (secondary N) is 1. The van der Waals surface area contributed by atoms with Crippen molar-refractivity contribution in [3.63, 3.8) is 0 Å². The summed E-state index contributed by atoms with van der Waals surface area (Å²) in [7, 11) is 0. The number of nitrogens with two attached hydrogens (primary N) is 1. The van der Waals surface area contributed by atoms with Crippen LogP contribution >= 0.6 is 15.9 Å². The maximum atomic E-state index is 10.7. The van der Waals surface area contributed by atoms with E-state index >= 15 is 0 Å². The van der Waals surface area contributed by atoms with Crippen LogP contribution in [0, 0.1) is 10.1 Å². The lowest BCUT2D eigenvalue weighted by Crippen LogP contribution is -2.06. The minimum Gasteiger partial charge on any atom is -0.380 e. The molecule has 0 radical (unpaired) electrons. The summed E-state index contributed by atoms with van der Waals surface area (Å²) in [4.78, 5) is 10.3. The first kappa shape index (κ1) is 14.5. The lowest BCUT2D eigenvalue weighted by atomic mass is 10.1. The fraction of sp³-hybridized carbons (Fsp3) is 0.143. The molecular formula is C14H14BrN3O2. The van der Waals surface area contributed by atoms with Gasteiger partial charge < -0.3 is 11.1 Å². The van der Waals surface area contributed by atoms with Crippen LogP contribution in [-0.4, -0.2) is 4.92 Å². The van der Waals surface area contributed by atoms with Gasteiger partial charge in [0.2, 0.25) is 0 Å². The normalized spacial score (nSPS) is 10.3. The van der Waals surface area contributed by atoms with Gasteiger partial charge in [0.05, 0.1) is 4.92 Å². The summed E-state index contributed by atoms with van der Waals surface area (Å²) < 4.78 is 0.664. The predicted octanol–water partition coefficient (Wildman–Crippen LogP) is 3.43. The maximum Gasteiger partial charge on any atom is 0.270 e. The first-order valence-corrected chi connectivity index (χ1v) is 6.86. The molecule has 0 fully saturated rings. The third-order valence-corrected chi connectivity index (χ3v) is 3.63. The Morgan fingerprint density at radius 3 is 2.50 bits per heavy atom. The van der Waals surface area contributed by atoms with Crippen LogP contribution in [0.25, 0.3) is 0 Å². The molecule has 2 rings (SSSR count). The van der Waals surface area contributed by atoms with Gasteiger partial charge in [-0.3, -0.25) is 10.1 Å². The number of nitrogens with zero attached hydrogens (tertiary/aromatic N) is 1. The van der Waals surface area contributed by atoms with Crippen molar-refractivity contribution in [2.75, 3.05) is 5.32 Å². The highest BCUT2D eigenvalue weighted by molar-refractivity contribution is 9.10. The Kier molecular flexibility index (Phi) is 4.70. The molecule has 0 bridgehead atoms. The molecule has 20 heavy (non-hydrogen) atoms. The topological polar surface area (TPSA) is 81.2 Å². The molecule has 3 N–H and O–H groups in total. The number of benzene rings is 2. The molecule has 0 amide bonds. The number of halogens is 1. The van der Waals surface area contributed by atoms with E-state index in [1.165, 1.54) is 12.1 Å². The number of rotatable bonds is 5. The van der Waals surface area contributed by atoms with Crippen molar-refractivity contribution in [2.24, 2.45) is 5.73 Å². The molecule has 0 atom stereocenters. The van der Waals surface area contributed by atoms with E-state index in [0.29, 0.717) is 17.6 Å². The van der Waals surface area contributed by atoms with Crippen LogP contribution in [0.1, 0.15) is 11.1 Å². The lowest BCUT2D eigenvalue weighted by molar-refractivity contribution is -0.384. The third kappa shape index (κ3) is 3.34. The summed E-state index contributed by atoms with van der Waals surface area (Å²) in [6.45, 7) is 1.10. The number of nitro benzene ring substituents is 1. The fourth-order valence-corrected chi connectivity index (χ4v) is 2.39. The van der Waals surface area contributed by atoms with Crippen molar-refractivity contribution in [3.05, 3.63) is 68.2 Å². The van der Waals surface area contributed by atoms with E-state index in [2.05, 4.69) is 21.2 Å². The number of hydrogen-bond donors (Lipinski definition) is 2. The van der Waals surface area contributed by atoms with E-state index in [0.717, 1.165) is 16.8 Å². The van der Waals surface area contributed by atoms with Crippen molar-refractivity contribution in [3.8, 4) is 0 Å². The van der Waals surface area contributed by atoms with Gasteiger partial charge in [0.15, 0.2) is 0 Å². The second-order valence-corrected chi connectivity index (χ2v) is 5.10. The number of nitro groups is 1. The van der Waals surface area contributed by atoms with Crippen LogP contribution in [0.5, 0.6) is 0 Å². The Bertz CT molecular complexity index is 632. The van der Waals surface area contributed by atoms with Gasteiger partial charge in [-0.15, -0.1) is 0 Å². The van der Waals surface area contributed by atoms with Crippen LogP contribution in [-0.2, 0) is 13.1 Å². The van der Waals surface area contributed by atoms with Gasteiger partial charge in [0, 0.05) is 35.4 Å². The summed E-state index contributed by atoms with van der Waals surface area (Å²) in [6, 6.07) is 12.6. The second-order valence-electron chi connectivity index (χ2n) is 4.25. The second kappa shape index (κ2) is 6.49. The molecule has 0 spiro atoms. The summed E-state index contributed by atoms with van der Waals surface area (Å²) in [5.41, 5.74) is 8.75. The van der Waals surface area contributed by atoms with Gasteiger partial charge in [-0.05, 0) is 33.1 Å². The smallest absolute Gasteiger partial charge is 0.270 e. The SMILES string of the molecule is NCc1ccccc1CNc1ccc([N+](=O)[O-])cc1Br. The average molecular weight is 336 g/mol. The molecule has 0 saturated heterocycles. The van der Waals surface area contributed by atoms with Crippen LogP contribution < -0.4 is 11.1 Å². The van der Waals surface area contributed by atoms with Crippen molar-refractivity contribution >= 4 is 27.3 Å². The minimum absolute atomic E-state index is 0.0600. The first-order valence-electron chi connectivity index (χ1n) is 6.06. The molecule has 0 saturated carbocycles. The predicted molar refractivity (Wildman–Crippen MR) is 82.5 cm³/mol. The molecule has 0 aromatic heterocycles. The first-order chi connectivity index (χ1) is 9.61. The molecule has 6 heteroatoms. The lowest BCUT2D eigenvalue weighted by Gasteiger charge is -2.11. The molecule has 0 heterocycles. The minimum atomic E-state index is -0.418. The van der Waals surface area contributed by atoms with Gasteiger partial charge in [-0.1, -0.05) is 24.3 Å². The summed E-state index contributed by atoms with van der Waals surface area (Å²) in [5.74, 6) is 0. The van der Waals surface area contributed by atoms with E-state index in [9.17, 15) is 10.1 Å². The van der Waals surface area contributed by atoms with Gasteiger partial charge in [-0.2, -0.15) is 0 Å². The summed E-state index contributed by atoms with van der Waals surface area (Å²) in [6.07, 6.45) is 0. The standard InChI is InChI=1S/C14H14BrN3O2/c15-13-7-12(18(19)20)5-6-14(13)17-9-11-4-2-1-3-10(11)8-16/h1-7,17H,8-9,16H2. The third-order valence-electron chi connectivity index (χ3n) is 2.97. The quantitative estimate of drug-likeness (QED) is 0.647. The highest BCUT2D eigenvalue weighted by Gasteiger charge is 2.09. The monoisotopic (exact) mass is 335 g/mol. The molecule has 0 aliphatic rings. The van der Waals surface area contributed by atoms with Crippen LogP contribution in [0.4, 0.5) is 11.4 Å². The molecule has 5 nitrogen and oxygen atoms in total. The Morgan fingerprint density at radius 2 is 1.90 bits per heavy atom. The number of hydrogen-bond acceptors (Lipinski definition) is 4. The molecule has 0 aliphatic carbocycles. The zero-order chi connectivity index (χ0) is 14.5. The average Bonchev–Trinajstić information content (AvgIpc) is 2.46. The maximum absolute atomic E-state index is 10.7.